The molecule has 0 aliphatic carbocycles. The third-order valence-corrected chi connectivity index (χ3v) is 4.96. The van der Waals surface area contributed by atoms with Gasteiger partial charge in [0.1, 0.15) is 10.6 Å². The Morgan fingerprint density at radius 1 is 1.30 bits per heavy atom. The van der Waals surface area contributed by atoms with Crippen LogP contribution in [-0.4, -0.2) is 45.3 Å². The van der Waals surface area contributed by atoms with E-state index in [2.05, 4.69) is 10.1 Å². The Hall–Kier alpha value is -1.32. The molecule has 112 valence electrons. The number of rotatable bonds is 4. The van der Waals surface area contributed by atoms with Crippen LogP contribution < -0.4 is 10.1 Å². The molecule has 0 aromatic heterocycles. The summed E-state index contributed by atoms with van der Waals surface area (Å²) in [5.74, 6) is -0.723. The Morgan fingerprint density at radius 3 is 2.40 bits per heavy atom. The van der Waals surface area contributed by atoms with Crippen LogP contribution in [0.3, 0.4) is 0 Å². The van der Waals surface area contributed by atoms with Gasteiger partial charge in [-0.25, -0.2) is 8.42 Å². The number of nitrogens with zero attached hydrogens (tertiary/aromatic N) is 1. The van der Waals surface area contributed by atoms with E-state index >= 15 is 0 Å². The fourth-order valence-electron chi connectivity index (χ4n) is 1.75. The normalized spacial score (nSPS) is 17.1. The number of nitrogens with one attached hydrogen (secondary N) is 1. The predicted octanol–water partition coefficient (Wildman–Crippen LogP) is 1.18. The highest BCUT2D eigenvalue weighted by Gasteiger charge is 2.37. The molecule has 9 heteroatoms. The van der Waals surface area contributed by atoms with Gasteiger partial charge in [0.25, 0.3) is 0 Å². The molecule has 0 amide bonds. The maximum atomic E-state index is 12.3. The lowest BCUT2D eigenvalue weighted by Gasteiger charge is -2.34. The van der Waals surface area contributed by atoms with E-state index in [0.29, 0.717) is 13.1 Å². The summed E-state index contributed by atoms with van der Waals surface area (Å²) in [4.78, 5) is -0.494. The van der Waals surface area contributed by atoms with Crippen molar-refractivity contribution < 1.29 is 26.3 Å². The van der Waals surface area contributed by atoms with Gasteiger partial charge in [0, 0.05) is 26.2 Å². The van der Waals surface area contributed by atoms with Gasteiger partial charge in [-0.1, -0.05) is 12.1 Å². The molecule has 0 bridgehead atoms. The van der Waals surface area contributed by atoms with Crippen LogP contribution >= 0.6 is 0 Å². The van der Waals surface area contributed by atoms with Crippen molar-refractivity contribution in [3.8, 4) is 5.75 Å². The molecule has 0 spiro atoms. The first-order valence-electron chi connectivity index (χ1n) is 5.75. The van der Waals surface area contributed by atoms with Gasteiger partial charge >= 0.3 is 6.36 Å². The molecule has 1 aliphatic rings. The van der Waals surface area contributed by atoms with E-state index in [-0.39, 0.29) is 6.04 Å². The Morgan fingerprint density at radius 2 is 1.90 bits per heavy atom. The van der Waals surface area contributed by atoms with Crippen LogP contribution in [0.2, 0.25) is 0 Å². The highest BCUT2D eigenvalue weighted by atomic mass is 32.2. The fourth-order valence-corrected chi connectivity index (χ4v) is 3.22. The van der Waals surface area contributed by atoms with Crippen molar-refractivity contribution in [2.45, 2.75) is 17.3 Å². The first kappa shape index (κ1) is 15.1. The van der Waals surface area contributed by atoms with Crippen molar-refractivity contribution in [2.75, 3.05) is 20.1 Å². The highest BCUT2D eigenvalue weighted by Crippen LogP contribution is 2.31. The van der Waals surface area contributed by atoms with Crippen LogP contribution in [0.15, 0.2) is 29.2 Å². The van der Waals surface area contributed by atoms with E-state index in [1.807, 2.05) is 0 Å². The molecule has 0 unspecified atom stereocenters. The summed E-state index contributed by atoms with van der Waals surface area (Å²) in [6, 6.07) is 4.44. The van der Waals surface area contributed by atoms with Gasteiger partial charge in [-0.05, 0) is 12.1 Å². The quantitative estimate of drug-likeness (QED) is 0.907. The number of para-hydroxylation sites is 1. The van der Waals surface area contributed by atoms with Crippen LogP contribution in [0.5, 0.6) is 5.75 Å². The molecule has 0 saturated carbocycles. The van der Waals surface area contributed by atoms with Crippen molar-refractivity contribution in [1.82, 2.24) is 9.62 Å². The smallest absolute Gasteiger partial charge is 0.404 e. The second-order valence-electron chi connectivity index (χ2n) is 4.33. The van der Waals surface area contributed by atoms with Crippen LogP contribution in [0, 0.1) is 0 Å². The maximum absolute atomic E-state index is 12.3. The van der Waals surface area contributed by atoms with E-state index in [1.54, 1.807) is 0 Å². The molecule has 0 atom stereocenters. The zero-order valence-corrected chi connectivity index (χ0v) is 11.3. The number of alkyl halides is 3. The van der Waals surface area contributed by atoms with Crippen LogP contribution in [0.1, 0.15) is 0 Å². The summed E-state index contributed by atoms with van der Waals surface area (Å²) in [6.07, 6.45) is -4.94. The highest BCUT2D eigenvalue weighted by molar-refractivity contribution is 7.89. The van der Waals surface area contributed by atoms with Crippen molar-refractivity contribution >= 4 is 10.0 Å². The fraction of sp³-hybridized carbons (Fsp3) is 0.455. The lowest BCUT2D eigenvalue weighted by molar-refractivity contribution is -0.275. The van der Waals surface area contributed by atoms with Gasteiger partial charge < -0.3 is 10.1 Å². The van der Waals surface area contributed by atoms with E-state index in [0.717, 1.165) is 16.4 Å². The molecular formula is C11H13F3N2O3S. The van der Waals surface area contributed by atoms with Crippen molar-refractivity contribution in [3.63, 3.8) is 0 Å². The molecule has 1 heterocycles. The first-order chi connectivity index (χ1) is 9.22. The molecule has 1 saturated heterocycles. The second-order valence-corrected chi connectivity index (χ2v) is 6.29. The maximum Gasteiger partial charge on any atom is 0.573 e. The molecule has 1 aliphatic heterocycles. The Kier molecular flexibility index (Phi) is 3.94. The van der Waals surface area contributed by atoms with Crippen molar-refractivity contribution in [3.05, 3.63) is 24.3 Å². The lowest BCUT2D eigenvalue weighted by atomic mass is 10.2. The Balaban J connectivity index is 2.36. The second kappa shape index (κ2) is 5.23. The summed E-state index contributed by atoms with van der Waals surface area (Å²) in [6.45, 7) is 0.941. The zero-order chi connectivity index (χ0) is 15.0. The number of halogens is 3. The summed E-state index contributed by atoms with van der Waals surface area (Å²) in [7, 11) is -2.70. The summed E-state index contributed by atoms with van der Waals surface area (Å²) < 4.78 is 66.4. The number of benzene rings is 1. The number of hydrogen-bond donors (Lipinski definition) is 1. The first-order valence-corrected chi connectivity index (χ1v) is 7.19. The number of hydrogen-bond acceptors (Lipinski definition) is 4. The minimum Gasteiger partial charge on any atom is -0.404 e. The molecule has 20 heavy (non-hydrogen) atoms. The molecule has 0 radical (unpaired) electrons. The molecule has 5 nitrogen and oxygen atoms in total. The largest absolute Gasteiger partial charge is 0.573 e. The van der Waals surface area contributed by atoms with Gasteiger partial charge in [-0.15, -0.1) is 13.2 Å². The van der Waals surface area contributed by atoms with Crippen LogP contribution in [-0.2, 0) is 10.0 Å². The van der Waals surface area contributed by atoms with Crippen LogP contribution in [0.4, 0.5) is 13.2 Å². The Bertz CT molecular complexity index is 585. The average Bonchev–Trinajstić information content (AvgIpc) is 2.24. The van der Waals surface area contributed by atoms with E-state index in [1.165, 1.54) is 19.2 Å². The Labute approximate surface area is 114 Å². The van der Waals surface area contributed by atoms with Crippen molar-refractivity contribution in [1.29, 1.82) is 0 Å². The molecule has 1 aromatic rings. The molecule has 1 aromatic carbocycles. The molecular weight excluding hydrogens is 297 g/mol. The monoisotopic (exact) mass is 310 g/mol. The predicted molar refractivity (Wildman–Crippen MR) is 64.7 cm³/mol. The summed E-state index contributed by atoms with van der Waals surface area (Å²) in [5, 5.41) is 2.90. The van der Waals surface area contributed by atoms with Gasteiger partial charge in [-0.2, -0.15) is 4.31 Å². The van der Waals surface area contributed by atoms with E-state index < -0.39 is 27.0 Å². The van der Waals surface area contributed by atoms with Gasteiger partial charge in [-0.3, -0.25) is 0 Å². The third-order valence-electron chi connectivity index (χ3n) is 3.01. The summed E-state index contributed by atoms with van der Waals surface area (Å²) in [5.41, 5.74) is 0. The van der Waals surface area contributed by atoms with E-state index in [4.69, 9.17) is 0 Å². The SMILES string of the molecule is CN(C1CNC1)S(=O)(=O)c1ccccc1OC(F)(F)F. The number of ether oxygens (including phenoxy) is 1. The van der Waals surface area contributed by atoms with Gasteiger partial charge in [0.05, 0.1) is 0 Å². The zero-order valence-electron chi connectivity index (χ0n) is 10.5. The molecule has 1 N–H and O–H groups in total. The molecule has 1 fully saturated rings. The topological polar surface area (TPSA) is 58.6 Å². The average molecular weight is 310 g/mol. The van der Waals surface area contributed by atoms with E-state index in [9.17, 15) is 21.6 Å². The van der Waals surface area contributed by atoms with Gasteiger partial charge in [0.2, 0.25) is 10.0 Å². The minimum atomic E-state index is -4.94. The van der Waals surface area contributed by atoms with Crippen molar-refractivity contribution in [2.24, 2.45) is 0 Å². The standard InChI is InChI=1S/C11H13F3N2O3S/c1-16(8-6-15-7-8)20(17,18)10-5-3-2-4-9(10)19-11(12,13)14/h2-5,8,15H,6-7H2,1H3. The molecule has 2 rings (SSSR count). The number of likely N-dealkylation sites (N-methyl/N-ethyl adjacent to an activating group) is 1. The number of sulfonamides is 1. The third kappa shape index (κ3) is 3.05. The summed E-state index contributed by atoms with van der Waals surface area (Å²) >= 11 is 0. The van der Waals surface area contributed by atoms with Crippen LogP contribution in [0.25, 0.3) is 0 Å². The van der Waals surface area contributed by atoms with Gasteiger partial charge in [0.15, 0.2) is 0 Å². The lowest BCUT2D eigenvalue weighted by Crippen LogP contribution is -2.57. The minimum absolute atomic E-state index is 0.265.